The molecule has 0 aliphatic rings. The minimum absolute atomic E-state index is 0.0410. The molecule has 8 heteroatoms. The van der Waals surface area contributed by atoms with Crippen molar-refractivity contribution in [1.29, 1.82) is 0 Å². The predicted molar refractivity (Wildman–Crippen MR) is 97.0 cm³/mol. The van der Waals surface area contributed by atoms with Gasteiger partial charge >= 0.3 is 6.18 Å². The molecule has 0 radical (unpaired) electrons. The fraction of sp³-hybridized carbons (Fsp3) is 0.158. The molecule has 0 fully saturated rings. The first-order valence-corrected chi connectivity index (χ1v) is 8.82. The van der Waals surface area contributed by atoms with Crippen LogP contribution in [0.4, 0.5) is 18.3 Å². The molecule has 1 heterocycles. The Hall–Kier alpha value is -2.87. The summed E-state index contributed by atoms with van der Waals surface area (Å²) in [4.78, 5) is 16.3. The fourth-order valence-corrected chi connectivity index (χ4v) is 3.00. The Balaban J connectivity index is 1.64. The van der Waals surface area contributed by atoms with E-state index in [0.717, 1.165) is 11.8 Å². The first-order chi connectivity index (χ1) is 12.8. The summed E-state index contributed by atoms with van der Waals surface area (Å²) in [5.74, 6) is -0.537. The average molecular weight is 392 g/mol. The van der Waals surface area contributed by atoms with Crippen molar-refractivity contribution < 1.29 is 22.7 Å². The van der Waals surface area contributed by atoms with Crippen molar-refractivity contribution in [2.24, 2.45) is 0 Å². The van der Waals surface area contributed by atoms with Crippen LogP contribution in [0.1, 0.15) is 27.2 Å². The van der Waals surface area contributed by atoms with Crippen LogP contribution in [0, 0.1) is 6.92 Å². The second-order valence-electron chi connectivity index (χ2n) is 5.73. The molecule has 0 spiro atoms. The maximum atomic E-state index is 13.0. The van der Waals surface area contributed by atoms with Gasteiger partial charge in [0, 0.05) is 10.9 Å². The summed E-state index contributed by atoms with van der Waals surface area (Å²) in [6, 6.07) is 11.5. The number of alkyl halides is 3. The molecule has 0 aliphatic carbocycles. The van der Waals surface area contributed by atoms with Crippen molar-refractivity contribution in [3.8, 4) is 5.75 Å². The van der Waals surface area contributed by atoms with E-state index in [9.17, 15) is 18.0 Å². The van der Waals surface area contributed by atoms with E-state index >= 15 is 0 Å². The summed E-state index contributed by atoms with van der Waals surface area (Å²) in [6.45, 7) is 1.79. The van der Waals surface area contributed by atoms with Crippen LogP contribution < -0.4 is 10.1 Å². The number of ether oxygens (including phenoxy) is 1. The van der Waals surface area contributed by atoms with Crippen LogP contribution >= 0.6 is 11.3 Å². The van der Waals surface area contributed by atoms with Crippen LogP contribution in [0.3, 0.4) is 0 Å². The summed E-state index contributed by atoms with van der Waals surface area (Å²) in [5, 5.41) is 5.03. The third-order valence-electron chi connectivity index (χ3n) is 3.64. The molecule has 4 nitrogen and oxygen atoms in total. The van der Waals surface area contributed by atoms with E-state index in [0.29, 0.717) is 16.3 Å². The summed E-state index contributed by atoms with van der Waals surface area (Å²) in [7, 11) is 0. The number of rotatable bonds is 5. The zero-order valence-electron chi connectivity index (χ0n) is 14.2. The first kappa shape index (κ1) is 18.9. The van der Waals surface area contributed by atoms with Gasteiger partial charge in [-0.25, -0.2) is 4.98 Å². The van der Waals surface area contributed by atoms with Crippen molar-refractivity contribution >= 4 is 22.4 Å². The molecule has 0 saturated carbocycles. The lowest BCUT2D eigenvalue weighted by Gasteiger charge is -2.13. The molecule has 2 aromatic carbocycles. The van der Waals surface area contributed by atoms with Crippen LogP contribution in [0.2, 0.25) is 0 Å². The van der Waals surface area contributed by atoms with Crippen LogP contribution in [-0.4, -0.2) is 10.9 Å². The molecule has 1 amide bonds. The van der Waals surface area contributed by atoms with Gasteiger partial charge in [-0.05, 0) is 36.8 Å². The monoisotopic (exact) mass is 392 g/mol. The number of hydrogen-bond donors (Lipinski definition) is 1. The van der Waals surface area contributed by atoms with E-state index in [4.69, 9.17) is 4.74 Å². The smallest absolute Gasteiger partial charge is 0.419 e. The number of carbonyl (C=O) groups is 1. The van der Waals surface area contributed by atoms with Crippen molar-refractivity contribution in [1.82, 2.24) is 4.98 Å². The Labute approximate surface area is 157 Å². The SMILES string of the molecule is Cc1csc(NC(=O)c2ccc(COc3ccccc3C(F)(F)F)cc2)n1. The lowest BCUT2D eigenvalue weighted by atomic mass is 10.1. The summed E-state index contributed by atoms with van der Waals surface area (Å²) in [5.41, 5.74) is 1.07. The number of benzene rings is 2. The minimum atomic E-state index is -4.48. The number of thiazole rings is 1. The van der Waals surface area contributed by atoms with Gasteiger partial charge in [-0.15, -0.1) is 11.3 Å². The Kier molecular flexibility index (Phi) is 5.46. The van der Waals surface area contributed by atoms with Crippen LogP contribution in [-0.2, 0) is 12.8 Å². The number of aryl methyl sites for hydroxylation is 1. The lowest BCUT2D eigenvalue weighted by molar-refractivity contribution is -0.139. The highest BCUT2D eigenvalue weighted by atomic mass is 32.1. The van der Waals surface area contributed by atoms with E-state index in [-0.39, 0.29) is 18.3 Å². The third-order valence-corrected chi connectivity index (χ3v) is 4.52. The van der Waals surface area contributed by atoms with Crippen molar-refractivity contribution in [2.75, 3.05) is 5.32 Å². The first-order valence-electron chi connectivity index (χ1n) is 7.94. The quantitative estimate of drug-likeness (QED) is 0.641. The van der Waals surface area contributed by atoms with E-state index < -0.39 is 11.7 Å². The number of hydrogen-bond acceptors (Lipinski definition) is 4. The van der Waals surface area contributed by atoms with Gasteiger partial charge < -0.3 is 4.74 Å². The molecule has 1 N–H and O–H groups in total. The molecule has 0 bridgehead atoms. The molecular weight excluding hydrogens is 377 g/mol. The Morgan fingerprint density at radius 2 is 1.85 bits per heavy atom. The molecular formula is C19H15F3N2O2S. The maximum absolute atomic E-state index is 13.0. The van der Waals surface area contributed by atoms with Gasteiger partial charge in [0.15, 0.2) is 5.13 Å². The zero-order valence-corrected chi connectivity index (χ0v) is 15.0. The number of anilines is 1. The number of halogens is 3. The van der Waals surface area contributed by atoms with Gasteiger partial charge in [0.1, 0.15) is 12.4 Å². The molecule has 1 aromatic heterocycles. The van der Waals surface area contributed by atoms with Gasteiger partial charge in [-0.1, -0.05) is 24.3 Å². The van der Waals surface area contributed by atoms with Crippen LogP contribution in [0.25, 0.3) is 0 Å². The molecule has 0 aliphatic heterocycles. The van der Waals surface area contributed by atoms with Crippen molar-refractivity contribution in [2.45, 2.75) is 19.7 Å². The third kappa shape index (κ3) is 4.85. The molecule has 0 unspecified atom stereocenters. The highest BCUT2D eigenvalue weighted by Crippen LogP contribution is 2.36. The number of amides is 1. The summed E-state index contributed by atoms with van der Waals surface area (Å²) < 4.78 is 44.2. The second kappa shape index (κ2) is 7.79. The summed E-state index contributed by atoms with van der Waals surface area (Å²) >= 11 is 1.33. The number of nitrogens with zero attached hydrogens (tertiary/aromatic N) is 1. The highest BCUT2D eigenvalue weighted by Gasteiger charge is 2.33. The largest absolute Gasteiger partial charge is 0.488 e. The van der Waals surface area contributed by atoms with Crippen molar-refractivity contribution in [3.05, 3.63) is 76.3 Å². The predicted octanol–water partition coefficient (Wildman–Crippen LogP) is 5.30. The zero-order chi connectivity index (χ0) is 19.4. The van der Waals surface area contributed by atoms with Gasteiger partial charge in [-0.2, -0.15) is 13.2 Å². The number of para-hydroxylation sites is 1. The average Bonchev–Trinajstić information content (AvgIpc) is 3.04. The molecule has 3 aromatic rings. The number of carbonyl (C=O) groups excluding carboxylic acids is 1. The van der Waals surface area contributed by atoms with E-state index in [2.05, 4.69) is 10.3 Å². The van der Waals surface area contributed by atoms with Gasteiger partial charge in [0.2, 0.25) is 0 Å². The van der Waals surface area contributed by atoms with Gasteiger partial charge in [-0.3, -0.25) is 10.1 Å². The molecule has 140 valence electrons. The maximum Gasteiger partial charge on any atom is 0.419 e. The Morgan fingerprint density at radius 3 is 2.48 bits per heavy atom. The highest BCUT2D eigenvalue weighted by molar-refractivity contribution is 7.13. The van der Waals surface area contributed by atoms with E-state index in [1.165, 1.54) is 29.5 Å². The minimum Gasteiger partial charge on any atom is -0.488 e. The Morgan fingerprint density at radius 1 is 1.15 bits per heavy atom. The van der Waals surface area contributed by atoms with E-state index in [1.807, 2.05) is 12.3 Å². The summed E-state index contributed by atoms with van der Waals surface area (Å²) in [6.07, 6.45) is -4.48. The normalized spacial score (nSPS) is 11.3. The van der Waals surface area contributed by atoms with E-state index in [1.54, 1.807) is 24.3 Å². The standard InChI is InChI=1S/C19H15F3N2O2S/c1-12-11-27-18(23-12)24-17(25)14-8-6-13(7-9-14)10-26-16-5-3-2-4-15(16)19(20,21)22/h2-9,11H,10H2,1H3,(H,23,24,25). The second-order valence-corrected chi connectivity index (χ2v) is 6.59. The number of nitrogens with one attached hydrogen (secondary N) is 1. The molecule has 0 atom stereocenters. The lowest BCUT2D eigenvalue weighted by Crippen LogP contribution is -2.12. The topological polar surface area (TPSA) is 51.2 Å². The number of aromatic nitrogens is 1. The Bertz CT molecular complexity index is 937. The van der Waals surface area contributed by atoms with Crippen LogP contribution in [0.15, 0.2) is 53.9 Å². The molecule has 3 rings (SSSR count). The van der Waals surface area contributed by atoms with Crippen molar-refractivity contribution in [3.63, 3.8) is 0 Å². The van der Waals surface area contributed by atoms with Gasteiger partial charge in [0.05, 0.1) is 11.3 Å². The fourth-order valence-electron chi connectivity index (χ4n) is 2.32. The van der Waals surface area contributed by atoms with Gasteiger partial charge in [0.25, 0.3) is 5.91 Å². The molecule has 0 saturated heterocycles. The van der Waals surface area contributed by atoms with Crippen LogP contribution in [0.5, 0.6) is 5.75 Å². The molecule has 27 heavy (non-hydrogen) atoms.